The molecule has 0 amide bonds. The molecule has 3 N–H and O–H groups in total. The van der Waals surface area contributed by atoms with E-state index >= 15 is 0 Å². The summed E-state index contributed by atoms with van der Waals surface area (Å²) >= 11 is 3.31. The smallest absolute Gasteiger partial charge is 0.132 e. The van der Waals surface area contributed by atoms with Gasteiger partial charge in [0.1, 0.15) is 17.3 Å². The molecule has 0 aliphatic heterocycles. The second-order valence-electron chi connectivity index (χ2n) is 3.53. The summed E-state index contributed by atoms with van der Waals surface area (Å²) in [6.45, 7) is 0.450. The normalized spacial score (nSPS) is 10.8. The number of hydrogen-bond acceptors (Lipinski definition) is 2. The van der Waals surface area contributed by atoms with Gasteiger partial charge in [-0.25, -0.2) is 8.78 Å². The SMILES string of the molecule is NCCc1[nH]nc(-c2cc(F)ccc2F)c1Br. The lowest BCUT2D eigenvalue weighted by Gasteiger charge is -2.01. The third-order valence-corrected chi connectivity index (χ3v) is 3.21. The number of nitrogens with one attached hydrogen (secondary N) is 1. The summed E-state index contributed by atoms with van der Waals surface area (Å²) in [6, 6.07) is 3.26. The molecule has 0 aliphatic carbocycles. The van der Waals surface area contributed by atoms with Crippen LogP contribution in [-0.2, 0) is 6.42 Å². The highest BCUT2D eigenvalue weighted by Crippen LogP contribution is 2.31. The lowest BCUT2D eigenvalue weighted by atomic mass is 10.1. The molecule has 0 unspecified atom stereocenters. The van der Waals surface area contributed by atoms with E-state index < -0.39 is 11.6 Å². The van der Waals surface area contributed by atoms with Crippen molar-refractivity contribution in [2.45, 2.75) is 6.42 Å². The summed E-state index contributed by atoms with van der Waals surface area (Å²) in [4.78, 5) is 0. The maximum Gasteiger partial charge on any atom is 0.132 e. The van der Waals surface area contributed by atoms with Gasteiger partial charge < -0.3 is 5.73 Å². The average Bonchev–Trinajstić information content (AvgIpc) is 2.65. The molecule has 1 aromatic carbocycles. The van der Waals surface area contributed by atoms with Crippen LogP contribution in [0.4, 0.5) is 8.78 Å². The summed E-state index contributed by atoms with van der Waals surface area (Å²) in [5, 5.41) is 6.73. The zero-order valence-electron chi connectivity index (χ0n) is 8.80. The fourth-order valence-electron chi connectivity index (χ4n) is 1.53. The Labute approximate surface area is 105 Å². The Morgan fingerprint density at radius 1 is 1.35 bits per heavy atom. The van der Waals surface area contributed by atoms with Crippen molar-refractivity contribution >= 4 is 15.9 Å². The predicted molar refractivity (Wildman–Crippen MR) is 64.4 cm³/mol. The molecule has 1 heterocycles. The van der Waals surface area contributed by atoms with Crippen LogP contribution in [0.3, 0.4) is 0 Å². The van der Waals surface area contributed by atoms with Crippen LogP contribution >= 0.6 is 15.9 Å². The van der Waals surface area contributed by atoms with Crippen LogP contribution in [0, 0.1) is 11.6 Å². The van der Waals surface area contributed by atoms with Gasteiger partial charge in [-0.2, -0.15) is 5.10 Å². The lowest BCUT2D eigenvalue weighted by molar-refractivity contribution is 0.602. The van der Waals surface area contributed by atoms with Crippen molar-refractivity contribution in [3.05, 3.63) is 40.0 Å². The summed E-state index contributed by atoms with van der Waals surface area (Å²) in [5.41, 5.74) is 6.67. The molecule has 0 bridgehead atoms. The molecule has 17 heavy (non-hydrogen) atoms. The highest BCUT2D eigenvalue weighted by molar-refractivity contribution is 9.10. The molecular formula is C11H10BrF2N3. The molecule has 2 rings (SSSR count). The fourth-order valence-corrected chi connectivity index (χ4v) is 2.12. The van der Waals surface area contributed by atoms with Gasteiger partial charge in [-0.3, -0.25) is 5.10 Å². The number of hydrogen-bond donors (Lipinski definition) is 2. The zero-order valence-corrected chi connectivity index (χ0v) is 10.4. The number of H-pyrrole nitrogens is 1. The quantitative estimate of drug-likeness (QED) is 0.915. The van der Waals surface area contributed by atoms with E-state index in [4.69, 9.17) is 5.73 Å². The van der Waals surface area contributed by atoms with Crippen molar-refractivity contribution < 1.29 is 8.78 Å². The van der Waals surface area contributed by atoms with E-state index in [1.165, 1.54) is 0 Å². The second kappa shape index (κ2) is 4.93. The van der Waals surface area contributed by atoms with Gasteiger partial charge in [-0.15, -0.1) is 0 Å². The number of aromatic amines is 1. The maximum atomic E-state index is 13.6. The van der Waals surface area contributed by atoms with Crippen LogP contribution in [0.5, 0.6) is 0 Å². The standard InChI is InChI=1S/C11H10BrF2N3/c12-10-9(3-4-15)16-17-11(10)7-5-6(13)1-2-8(7)14/h1-2,5H,3-4,15H2,(H,16,17). The molecule has 90 valence electrons. The Bertz CT molecular complexity index is 540. The fraction of sp³-hybridized carbons (Fsp3) is 0.182. The monoisotopic (exact) mass is 301 g/mol. The minimum atomic E-state index is -0.516. The van der Waals surface area contributed by atoms with Gasteiger partial charge in [0.2, 0.25) is 0 Å². The van der Waals surface area contributed by atoms with Crippen LogP contribution in [-0.4, -0.2) is 16.7 Å². The van der Waals surface area contributed by atoms with E-state index in [0.717, 1.165) is 23.9 Å². The Morgan fingerprint density at radius 2 is 2.12 bits per heavy atom. The molecule has 0 spiro atoms. The first-order valence-corrected chi connectivity index (χ1v) is 5.81. The van der Waals surface area contributed by atoms with Gasteiger partial charge in [0.25, 0.3) is 0 Å². The van der Waals surface area contributed by atoms with Crippen molar-refractivity contribution in [1.29, 1.82) is 0 Å². The van der Waals surface area contributed by atoms with Crippen molar-refractivity contribution in [2.75, 3.05) is 6.54 Å². The predicted octanol–water partition coefficient (Wildman–Crippen LogP) is 2.62. The lowest BCUT2D eigenvalue weighted by Crippen LogP contribution is -2.03. The van der Waals surface area contributed by atoms with Crippen LogP contribution in [0.1, 0.15) is 5.69 Å². The Morgan fingerprint density at radius 3 is 2.82 bits per heavy atom. The molecule has 0 aliphatic rings. The Hall–Kier alpha value is -1.27. The minimum Gasteiger partial charge on any atom is -0.330 e. The van der Waals surface area contributed by atoms with Crippen LogP contribution in [0.15, 0.2) is 22.7 Å². The first-order valence-electron chi connectivity index (χ1n) is 5.01. The van der Waals surface area contributed by atoms with E-state index in [0.29, 0.717) is 23.1 Å². The van der Waals surface area contributed by atoms with Crippen molar-refractivity contribution in [2.24, 2.45) is 5.73 Å². The number of benzene rings is 1. The zero-order chi connectivity index (χ0) is 12.4. The Kier molecular flexibility index (Phi) is 3.54. The highest BCUT2D eigenvalue weighted by atomic mass is 79.9. The number of rotatable bonds is 3. The first-order chi connectivity index (χ1) is 8.13. The molecule has 0 saturated heterocycles. The summed E-state index contributed by atoms with van der Waals surface area (Å²) in [5.74, 6) is -1.02. The van der Waals surface area contributed by atoms with Gasteiger partial charge in [0, 0.05) is 12.0 Å². The van der Waals surface area contributed by atoms with E-state index in [9.17, 15) is 8.78 Å². The topological polar surface area (TPSA) is 54.7 Å². The van der Waals surface area contributed by atoms with Crippen molar-refractivity contribution in [3.63, 3.8) is 0 Å². The molecule has 2 aromatic rings. The molecule has 0 fully saturated rings. The number of nitrogens with zero attached hydrogens (tertiary/aromatic N) is 1. The molecule has 0 saturated carbocycles. The van der Waals surface area contributed by atoms with Gasteiger partial charge in [-0.1, -0.05) is 0 Å². The van der Waals surface area contributed by atoms with Crippen LogP contribution in [0.2, 0.25) is 0 Å². The minimum absolute atomic E-state index is 0.122. The van der Waals surface area contributed by atoms with E-state index in [2.05, 4.69) is 26.1 Å². The molecule has 0 radical (unpaired) electrons. The molecule has 1 aromatic heterocycles. The van der Waals surface area contributed by atoms with Gasteiger partial charge >= 0.3 is 0 Å². The van der Waals surface area contributed by atoms with Gasteiger partial charge in [-0.05, 0) is 40.7 Å². The average molecular weight is 302 g/mol. The largest absolute Gasteiger partial charge is 0.330 e. The summed E-state index contributed by atoms with van der Waals surface area (Å²) < 4.78 is 27.3. The van der Waals surface area contributed by atoms with Crippen molar-refractivity contribution in [3.8, 4) is 11.3 Å². The van der Waals surface area contributed by atoms with Crippen LogP contribution < -0.4 is 5.73 Å². The first kappa shape index (κ1) is 12.2. The third kappa shape index (κ3) is 2.37. The van der Waals surface area contributed by atoms with Crippen molar-refractivity contribution in [1.82, 2.24) is 10.2 Å². The van der Waals surface area contributed by atoms with Crippen LogP contribution in [0.25, 0.3) is 11.3 Å². The second-order valence-corrected chi connectivity index (χ2v) is 4.32. The molecule has 0 atom stereocenters. The number of nitrogens with two attached hydrogens (primary N) is 1. The van der Waals surface area contributed by atoms with Gasteiger partial charge in [0.15, 0.2) is 0 Å². The Balaban J connectivity index is 2.49. The van der Waals surface area contributed by atoms with E-state index in [1.807, 2.05) is 0 Å². The van der Waals surface area contributed by atoms with Gasteiger partial charge in [0.05, 0.1) is 10.2 Å². The summed E-state index contributed by atoms with van der Waals surface area (Å²) in [6.07, 6.45) is 0.588. The van der Waals surface area contributed by atoms with E-state index in [1.54, 1.807) is 0 Å². The third-order valence-electron chi connectivity index (χ3n) is 2.35. The highest BCUT2D eigenvalue weighted by Gasteiger charge is 2.15. The molecule has 6 heteroatoms. The molecular weight excluding hydrogens is 292 g/mol. The summed E-state index contributed by atoms with van der Waals surface area (Å²) in [7, 11) is 0. The van der Waals surface area contributed by atoms with E-state index in [-0.39, 0.29) is 5.56 Å². The number of aromatic nitrogens is 2. The number of halogens is 3. The molecule has 3 nitrogen and oxygen atoms in total. The maximum absolute atomic E-state index is 13.6.